The SMILES string of the molecule is COc1cccc(CCOc2ncc(-c3cnc(C)c(CC(=O)O)c3N3CCC(C)(C)CC3)cc2F)c1. The van der Waals surface area contributed by atoms with Crippen LogP contribution in [0.3, 0.4) is 0 Å². The number of piperidine rings is 1. The number of anilines is 1. The second kappa shape index (κ2) is 11.2. The number of nitrogens with zero attached hydrogens (tertiary/aromatic N) is 3. The maximum Gasteiger partial charge on any atom is 0.307 e. The van der Waals surface area contributed by atoms with Crippen molar-refractivity contribution in [1.29, 1.82) is 0 Å². The molecule has 0 saturated carbocycles. The van der Waals surface area contributed by atoms with Gasteiger partial charge in [-0.25, -0.2) is 9.37 Å². The highest BCUT2D eigenvalue weighted by Gasteiger charge is 2.29. The molecule has 0 spiro atoms. The van der Waals surface area contributed by atoms with E-state index in [2.05, 4.69) is 28.7 Å². The second-order valence-corrected chi connectivity index (χ2v) is 10.3. The molecule has 0 bridgehead atoms. The van der Waals surface area contributed by atoms with E-state index in [1.54, 1.807) is 19.5 Å². The molecule has 7 nitrogen and oxygen atoms in total. The van der Waals surface area contributed by atoms with Crippen LogP contribution in [0.5, 0.6) is 11.6 Å². The minimum Gasteiger partial charge on any atom is -0.497 e. The molecule has 0 amide bonds. The van der Waals surface area contributed by atoms with Crippen LogP contribution in [-0.2, 0) is 17.6 Å². The summed E-state index contributed by atoms with van der Waals surface area (Å²) in [5, 5.41) is 9.59. The number of aliphatic carboxylic acids is 1. The molecule has 0 atom stereocenters. The van der Waals surface area contributed by atoms with E-state index in [1.807, 2.05) is 31.2 Å². The summed E-state index contributed by atoms with van der Waals surface area (Å²) in [6.07, 6.45) is 5.65. The summed E-state index contributed by atoms with van der Waals surface area (Å²) in [7, 11) is 1.61. The van der Waals surface area contributed by atoms with Gasteiger partial charge >= 0.3 is 5.97 Å². The average Bonchev–Trinajstić information content (AvgIpc) is 2.86. The number of aryl methyl sites for hydroxylation is 1. The molecule has 196 valence electrons. The monoisotopic (exact) mass is 507 g/mol. The standard InChI is InChI=1S/C29H34FN3O4/c1-19-23(16-26(34)35)27(33-11-9-29(2,3)10-12-33)24(18-31-19)21-15-25(30)28(32-17-21)37-13-8-20-6-5-7-22(14-20)36-4/h5-7,14-15,17-18H,8-13,16H2,1-4H3,(H,34,35). The second-order valence-electron chi connectivity index (χ2n) is 10.3. The van der Waals surface area contributed by atoms with Gasteiger partial charge in [-0.2, -0.15) is 0 Å². The quantitative estimate of drug-likeness (QED) is 0.411. The fraction of sp³-hybridized carbons (Fsp3) is 0.414. The lowest BCUT2D eigenvalue weighted by molar-refractivity contribution is -0.136. The predicted molar refractivity (Wildman–Crippen MR) is 141 cm³/mol. The van der Waals surface area contributed by atoms with Crippen LogP contribution in [0, 0.1) is 18.2 Å². The van der Waals surface area contributed by atoms with E-state index in [4.69, 9.17) is 9.47 Å². The highest BCUT2D eigenvalue weighted by Crippen LogP contribution is 2.40. The Bertz CT molecular complexity index is 1270. The molecule has 4 rings (SSSR count). The van der Waals surface area contributed by atoms with Gasteiger partial charge in [0.15, 0.2) is 5.82 Å². The summed E-state index contributed by atoms with van der Waals surface area (Å²) >= 11 is 0. The van der Waals surface area contributed by atoms with Gasteiger partial charge in [-0.3, -0.25) is 9.78 Å². The molecule has 0 radical (unpaired) electrons. The van der Waals surface area contributed by atoms with Crippen LogP contribution in [-0.4, -0.2) is 47.8 Å². The molecule has 3 heterocycles. The van der Waals surface area contributed by atoms with E-state index >= 15 is 4.39 Å². The van der Waals surface area contributed by atoms with Crippen LogP contribution >= 0.6 is 0 Å². The molecule has 3 aromatic rings. The third-order valence-electron chi connectivity index (χ3n) is 7.01. The molecule has 37 heavy (non-hydrogen) atoms. The molecular weight excluding hydrogens is 473 g/mol. The first-order valence-corrected chi connectivity index (χ1v) is 12.5. The summed E-state index contributed by atoms with van der Waals surface area (Å²) in [5.74, 6) is -0.814. The lowest BCUT2D eigenvalue weighted by Crippen LogP contribution is -2.38. The highest BCUT2D eigenvalue weighted by atomic mass is 19.1. The molecule has 8 heteroatoms. The first-order valence-electron chi connectivity index (χ1n) is 12.5. The van der Waals surface area contributed by atoms with E-state index in [1.165, 1.54) is 6.07 Å². The number of aromatic nitrogens is 2. The zero-order valence-electron chi connectivity index (χ0n) is 21.9. The van der Waals surface area contributed by atoms with Gasteiger partial charge in [0.25, 0.3) is 0 Å². The van der Waals surface area contributed by atoms with Crippen molar-refractivity contribution in [2.75, 3.05) is 31.7 Å². The molecule has 0 aliphatic carbocycles. The van der Waals surface area contributed by atoms with Gasteiger partial charge in [0.05, 0.1) is 25.8 Å². The first-order chi connectivity index (χ1) is 17.7. The number of hydrogen-bond donors (Lipinski definition) is 1. The van der Waals surface area contributed by atoms with Crippen LogP contribution in [0.2, 0.25) is 0 Å². The number of carboxylic acids is 1. The van der Waals surface area contributed by atoms with E-state index in [-0.39, 0.29) is 24.3 Å². The van der Waals surface area contributed by atoms with E-state index < -0.39 is 11.8 Å². The largest absolute Gasteiger partial charge is 0.497 e. The Morgan fingerprint density at radius 2 is 1.92 bits per heavy atom. The normalized spacial score (nSPS) is 14.9. The summed E-state index contributed by atoms with van der Waals surface area (Å²) < 4.78 is 26.0. The zero-order valence-corrected chi connectivity index (χ0v) is 21.9. The number of ether oxygens (including phenoxy) is 2. The maximum absolute atomic E-state index is 15.1. The van der Waals surface area contributed by atoms with Gasteiger partial charge in [-0.15, -0.1) is 0 Å². The van der Waals surface area contributed by atoms with Crippen LogP contribution in [0.4, 0.5) is 10.1 Å². The van der Waals surface area contributed by atoms with Crippen molar-refractivity contribution in [2.24, 2.45) is 5.41 Å². The van der Waals surface area contributed by atoms with Gasteiger partial charge in [0.2, 0.25) is 5.88 Å². The molecule has 1 saturated heterocycles. The number of carbonyl (C=O) groups is 1. The van der Waals surface area contributed by atoms with E-state index in [9.17, 15) is 9.90 Å². The molecular formula is C29H34FN3O4. The number of methoxy groups -OCH3 is 1. The Morgan fingerprint density at radius 3 is 2.59 bits per heavy atom. The zero-order chi connectivity index (χ0) is 26.6. The van der Waals surface area contributed by atoms with Crippen molar-refractivity contribution >= 4 is 11.7 Å². The maximum atomic E-state index is 15.1. The first kappa shape index (κ1) is 26.4. The van der Waals surface area contributed by atoms with Crippen molar-refractivity contribution in [3.8, 4) is 22.8 Å². The van der Waals surface area contributed by atoms with Crippen molar-refractivity contribution < 1.29 is 23.8 Å². The fourth-order valence-electron chi connectivity index (χ4n) is 4.68. The number of halogens is 1. The molecule has 1 aliphatic rings. The van der Waals surface area contributed by atoms with Gasteiger partial charge in [0.1, 0.15) is 5.75 Å². The number of rotatable bonds is 9. The van der Waals surface area contributed by atoms with Crippen molar-refractivity contribution in [2.45, 2.75) is 46.5 Å². The molecule has 1 aromatic carbocycles. The third-order valence-corrected chi connectivity index (χ3v) is 7.01. The number of carboxylic acid groups (broad SMARTS) is 1. The van der Waals surface area contributed by atoms with Gasteiger partial charge < -0.3 is 19.5 Å². The number of pyridine rings is 2. The smallest absolute Gasteiger partial charge is 0.307 e. The van der Waals surface area contributed by atoms with Crippen LogP contribution in [0.25, 0.3) is 11.1 Å². The molecule has 1 fully saturated rings. The summed E-state index contributed by atoms with van der Waals surface area (Å²) in [6, 6.07) is 9.03. The Kier molecular flexibility index (Phi) is 7.95. The molecule has 1 N–H and O–H groups in total. The highest BCUT2D eigenvalue weighted by molar-refractivity contribution is 5.84. The average molecular weight is 508 g/mol. The minimum atomic E-state index is -0.926. The molecule has 0 unspecified atom stereocenters. The Labute approximate surface area is 217 Å². The molecule has 2 aromatic heterocycles. The third kappa shape index (κ3) is 6.37. The van der Waals surface area contributed by atoms with Crippen molar-refractivity contribution in [3.63, 3.8) is 0 Å². The minimum absolute atomic E-state index is 0.0706. The van der Waals surface area contributed by atoms with Crippen LogP contribution in [0.15, 0.2) is 42.7 Å². The van der Waals surface area contributed by atoms with Gasteiger partial charge in [-0.1, -0.05) is 26.0 Å². The topological polar surface area (TPSA) is 84.8 Å². The molecule has 1 aliphatic heterocycles. The lowest BCUT2D eigenvalue weighted by atomic mass is 9.82. The fourth-order valence-corrected chi connectivity index (χ4v) is 4.68. The lowest BCUT2D eigenvalue weighted by Gasteiger charge is -2.40. The van der Waals surface area contributed by atoms with Crippen molar-refractivity contribution in [1.82, 2.24) is 9.97 Å². The van der Waals surface area contributed by atoms with E-state index in [0.29, 0.717) is 28.8 Å². The summed E-state index contributed by atoms with van der Waals surface area (Å²) in [6.45, 7) is 8.15. The summed E-state index contributed by atoms with van der Waals surface area (Å²) in [5.41, 5.74) is 4.58. The van der Waals surface area contributed by atoms with E-state index in [0.717, 1.165) is 42.9 Å². The van der Waals surface area contributed by atoms with Crippen molar-refractivity contribution in [3.05, 3.63) is 65.4 Å². The van der Waals surface area contributed by atoms with Gasteiger partial charge in [-0.05, 0) is 48.9 Å². The summed E-state index contributed by atoms with van der Waals surface area (Å²) in [4.78, 5) is 22.6. The Morgan fingerprint density at radius 1 is 1.16 bits per heavy atom. The van der Waals surface area contributed by atoms with Crippen LogP contribution < -0.4 is 14.4 Å². The number of benzene rings is 1. The Balaban J connectivity index is 1.60. The number of hydrogen-bond acceptors (Lipinski definition) is 6. The van der Waals surface area contributed by atoms with Crippen LogP contribution in [0.1, 0.15) is 43.5 Å². The van der Waals surface area contributed by atoms with Gasteiger partial charge in [0, 0.05) is 54.3 Å². The predicted octanol–water partition coefficient (Wildman–Crippen LogP) is 5.47. The Hall–Kier alpha value is -3.68.